The number of nitrogens with zero attached hydrogens (tertiary/aromatic N) is 1. The van der Waals surface area contributed by atoms with Crippen LogP contribution in [0, 0.1) is 12.8 Å². The molecule has 1 aliphatic heterocycles. The third-order valence-electron chi connectivity index (χ3n) is 5.29. The number of furan rings is 1. The van der Waals surface area contributed by atoms with Gasteiger partial charge < -0.3 is 15.1 Å². The molecule has 0 bridgehead atoms. The van der Waals surface area contributed by atoms with Crippen molar-refractivity contribution in [1.29, 1.82) is 0 Å². The number of rotatable bonds is 9. The van der Waals surface area contributed by atoms with Gasteiger partial charge in [-0.25, -0.2) is 0 Å². The zero-order chi connectivity index (χ0) is 24.9. The van der Waals surface area contributed by atoms with Crippen LogP contribution in [0.15, 0.2) is 86.8 Å². The van der Waals surface area contributed by atoms with Gasteiger partial charge in [-0.3, -0.25) is 19.3 Å². The van der Waals surface area contributed by atoms with Crippen LogP contribution in [0.25, 0.3) is 0 Å². The van der Waals surface area contributed by atoms with Crippen LogP contribution in [-0.4, -0.2) is 22.6 Å². The standard InChI is InChI=1S/C27H27N3O4S/c1-17(2)15-23(31)28-19-10-12-22(13-11-19)35-25-24(29-20-8-6-18(3)7-9-20)26(32)30(27(25)33)16-21-5-4-14-34-21/h4-14,17,29H,15-16H2,1-3H3,(H,28,31). The summed E-state index contributed by atoms with van der Waals surface area (Å²) in [4.78, 5) is 40.9. The molecule has 0 aliphatic carbocycles. The number of carbonyl (C=O) groups excluding carboxylic acids is 3. The second-order valence-corrected chi connectivity index (χ2v) is 9.83. The van der Waals surface area contributed by atoms with E-state index >= 15 is 0 Å². The van der Waals surface area contributed by atoms with Gasteiger partial charge in [0.2, 0.25) is 5.91 Å². The van der Waals surface area contributed by atoms with Crippen molar-refractivity contribution in [3.63, 3.8) is 0 Å². The summed E-state index contributed by atoms with van der Waals surface area (Å²) in [7, 11) is 0. The van der Waals surface area contributed by atoms with Crippen molar-refractivity contribution in [3.8, 4) is 0 Å². The Labute approximate surface area is 208 Å². The summed E-state index contributed by atoms with van der Waals surface area (Å²) in [6.07, 6.45) is 1.95. The molecule has 0 fully saturated rings. The first-order chi connectivity index (χ1) is 16.8. The smallest absolute Gasteiger partial charge is 0.278 e. The van der Waals surface area contributed by atoms with Gasteiger partial charge in [0.05, 0.1) is 12.8 Å². The van der Waals surface area contributed by atoms with E-state index in [-0.39, 0.29) is 30.0 Å². The lowest BCUT2D eigenvalue weighted by molar-refractivity contribution is -0.138. The molecule has 2 N–H and O–H groups in total. The number of carbonyl (C=O) groups is 3. The lowest BCUT2D eigenvalue weighted by Crippen LogP contribution is -2.31. The predicted octanol–water partition coefficient (Wildman–Crippen LogP) is 5.56. The van der Waals surface area contributed by atoms with E-state index in [1.807, 2.05) is 57.2 Å². The Kier molecular flexibility index (Phi) is 7.41. The molecule has 1 aliphatic rings. The number of amides is 3. The molecule has 0 unspecified atom stereocenters. The molecule has 8 heteroatoms. The Balaban J connectivity index is 1.57. The number of benzene rings is 2. The van der Waals surface area contributed by atoms with Crippen LogP contribution < -0.4 is 10.6 Å². The van der Waals surface area contributed by atoms with Gasteiger partial charge in [0.25, 0.3) is 11.8 Å². The maximum absolute atomic E-state index is 13.3. The van der Waals surface area contributed by atoms with Crippen molar-refractivity contribution in [2.24, 2.45) is 5.92 Å². The van der Waals surface area contributed by atoms with Crippen LogP contribution in [0.2, 0.25) is 0 Å². The second kappa shape index (κ2) is 10.7. The quantitative estimate of drug-likeness (QED) is 0.383. The zero-order valence-electron chi connectivity index (χ0n) is 19.8. The van der Waals surface area contributed by atoms with Crippen molar-refractivity contribution in [2.45, 2.75) is 38.6 Å². The monoisotopic (exact) mass is 489 g/mol. The maximum Gasteiger partial charge on any atom is 0.278 e. The first-order valence-corrected chi connectivity index (χ1v) is 12.2. The Morgan fingerprint density at radius 3 is 2.29 bits per heavy atom. The van der Waals surface area contributed by atoms with E-state index in [0.717, 1.165) is 10.5 Å². The second-order valence-electron chi connectivity index (χ2n) is 8.74. The van der Waals surface area contributed by atoms with Crippen LogP contribution in [-0.2, 0) is 20.9 Å². The molecule has 3 aromatic rings. The number of hydrogen-bond acceptors (Lipinski definition) is 6. The molecule has 180 valence electrons. The molecule has 2 aromatic carbocycles. The minimum atomic E-state index is -0.410. The molecule has 0 spiro atoms. The molecule has 0 atom stereocenters. The zero-order valence-corrected chi connectivity index (χ0v) is 20.6. The molecule has 0 saturated carbocycles. The van der Waals surface area contributed by atoms with Gasteiger partial charge in [0.1, 0.15) is 16.4 Å². The molecule has 1 aromatic heterocycles. The van der Waals surface area contributed by atoms with Crippen LogP contribution >= 0.6 is 11.8 Å². The fourth-order valence-electron chi connectivity index (χ4n) is 3.55. The van der Waals surface area contributed by atoms with Gasteiger partial charge in [0.15, 0.2) is 0 Å². The number of aryl methyl sites for hydroxylation is 1. The lowest BCUT2D eigenvalue weighted by atomic mass is 10.1. The van der Waals surface area contributed by atoms with Gasteiger partial charge in [-0.2, -0.15) is 0 Å². The van der Waals surface area contributed by atoms with E-state index in [0.29, 0.717) is 28.5 Å². The summed E-state index contributed by atoms with van der Waals surface area (Å²) < 4.78 is 5.35. The normalized spacial score (nSPS) is 13.7. The van der Waals surface area contributed by atoms with Crippen LogP contribution in [0.4, 0.5) is 11.4 Å². The van der Waals surface area contributed by atoms with Crippen molar-refractivity contribution in [2.75, 3.05) is 10.6 Å². The average molecular weight is 490 g/mol. The third-order valence-corrected chi connectivity index (χ3v) is 6.38. The topological polar surface area (TPSA) is 91.7 Å². The Morgan fingerprint density at radius 2 is 1.66 bits per heavy atom. The summed E-state index contributed by atoms with van der Waals surface area (Å²) in [5, 5.41) is 6.02. The number of thioether (sulfide) groups is 1. The van der Waals surface area contributed by atoms with Gasteiger partial charge in [-0.1, -0.05) is 43.3 Å². The lowest BCUT2D eigenvalue weighted by Gasteiger charge is -2.13. The Hall–Kier alpha value is -3.78. The van der Waals surface area contributed by atoms with Gasteiger partial charge >= 0.3 is 0 Å². The number of hydrogen-bond donors (Lipinski definition) is 2. The predicted molar refractivity (Wildman–Crippen MR) is 136 cm³/mol. The van der Waals surface area contributed by atoms with E-state index in [1.165, 1.54) is 22.9 Å². The first-order valence-electron chi connectivity index (χ1n) is 11.3. The molecule has 3 amide bonds. The molecule has 0 saturated heterocycles. The molecule has 0 radical (unpaired) electrons. The van der Waals surface area contributed by atoms with E-state index in [9.17, 15) is 14.4 Å². The van der Waals surface area contributed by atoms with Crippen molar-refractivity contribution < 1.29 is 18.8 Å². The van der Waals surface area contributed by atoms with E-state index < -0.39 is 5.91 Å². The summed E-state index contributed by atoms with van der Waals surface area (Å²) in [6, 6.07) is 18.3. The minimum absolute atomic E-state index is 0.0437. The highest BCUT2D eigenvalue weighted by atomic mass is 32.2. The van der Waals surface area contributed by atoms with Crippen molar-refractivity contribution in [3.05, 3.63) is 88.9 Å². The van der Waals surface area contributed by atoms with Crippen LogP contribution in [0.3, 0.4) is 0 Å². The van der Waals surface area contributed by atoms with Gasteiger partial charge in [0, 0.05) is 22.7 Å². The third kappa shape index (κ3) is 6.02. The largest absolute Gasteiger partial charge is 0.467 e. The highest BCUT2D eigenvalue weighted by molar-refractivity contribution is 8.04. The fourth-order valence-corrected chi connectivity index (χ4v) is 4.49. The summed E-state index contributed by atoms with van der Waals surface area (Å²) in [5.41, 5.74) is 2.71. The highest BCUT2D eigenvalue weighted by Gasteiger charge is 2.39. The number of nitrogens with one attached hydrogen (secondary N) is 2. The number of imide groups is 1. The first kappa shape index (κ1) is 24.3. The van der Waals surface area contributed by atoms with Crippen molar-refractivity contribution in [1.82, 2.24) is 4.90 Å². The SMILES string of the molecule is Cc1ccc(NC2=C(Sc3ccc(NC(=O)CC(C)C)cc3)C(=O)N(Cc3ccco3)C2=O)cc1. The van der Waals surface area contributed by atoms with E-state index in [1.54, 1.807) is 24.3 Å². The summed E-state index contributed by atoms with van der Waals surface area (Å²) in [6.45, 7) is 6.01. The van der Waals surface area contributed by atoms with Gasteiger partial charge in [-0.15, -0.1) is 0 Å². The Bertz CT molecular complexity index is 1250. The molecule has 7 nitrogen and oxygen atoms in total. The molecule has 35 heavy (non-hydrogen) atoms. The number of anilines is 2. The average Bonchev–Trinajstić information content (AvgIpc) is 3.40. The highest BCUT2D eigenvalue weighted by Crippen LogP contribution is 2.37. The summed E-state index contributed by atoms with van der Waals surface area (Å²) >= 11 is 1.21. The summed E-state index contributed by atoms with van der Waals surface area (Å²) in [5.74, 6) is -0.0504. The maximum atomic E-state index is 13.3. The van der Waals surface area contributed by atoms with E-state index in [2.05, 4.69) is 10.6 Å². The molecule has 2 heterocycles. The van der Waals surface area contributed by atoms with E-state index in [4.69, 9.17) is 4.42 Å². The van der Waals surface area contributed by atoms with Crippen molar-refractivity contribution >= 4 is 40.9 Å². The Morgan fingerprint density at radius 1 is 0.971 bits per heavy atom. The fraction of sp³-hybridized carbons (Fsp3) is 0.222. The molecular formula is C27H27N3O4S. The van der Waals surface area contributed by atoms with Crippen LogP contribution in [0.1, 0.15) is 31.6 Å². The molecule has 4 rings (SSSR count). The van der Waals surface area contributed by atoms with Gasteiger partial charge in [-0.05, 0) is 61.4 Å². The molecular weight excluding hydrogens is 462 g/mol. The van der Waals surface area contributed by atoms with Crippen LogP contribution in [0.5, 0.6) is 0 Å². The minimum Gasteiger partial charge on any atom is -0.467 e.